The van der Waals surface area contributed by atoms with Crippen LogP contribution in [0.15, 0.2) is 58.4 Å². The third kappa shape index (κ3) is 7.50. The Morgan fingerprint density at radius 1 is 1.15 bits per heavy atom. The predicted octanol–water partition coefficient (Wildman–Crippen LogP) is 3.57. The molecule has 0 fully saturated rings. The van der Waals surface area contributed by atoms with Crippen molar-refractivity contribution < 1.29 is 17.6 Å². The van der Waals surface area contributed by atoms with Crippen molar-refractivity contribution in [3.8, 4) is 16.9 Å². The highest BCUT2D eigenvalue weighted by atomic mass is 19.4. The fraction of sp³-hybridized carbons (Fsp3) is 0.321. The fourth-order valence-corrected chi connectivity index (χ4v) is 4.37. The molecule has 2 aromatic heterocycles. The smallest absolute Gasteiger partial charge is 0.370 e. The number of aromatic nitrogens is 3. The highest BCUT2D eigenvalue weighted by Gasteiger charge is 2.36. The van der Waals surface area contributed by atoms with Crippen LogP contribution in [0.5, 0.6) is 0 Å². The molecule has 4 rings (SSSR count). The zero-order valence-corrected chi connectivity index (χ0v) is 22.4. The van der Waals surface area contributed by atoms with Gasteiger partial charge in [0.2, 0.25) is 0 Å². The molecule has 0 bridgehead atoms. The van der Waals surface area contributed by atoms with E-state index >= 15 is 4.39 Å². The summed E-state index contributed by atoms with van der Waals surface area (Å²) < 4.78 is 57.4. The number of aromatic amines is 1. The SMILES string of the molecule is C[C@@H](N)CCc1cc(-c2cc3cn(-c4ccc(CNCCCN=C(N)N)cc4)c(=O)nc3[nH]2)c(F)c(C(F)(F)F)c1. The second-order valence-corrected chi connectivity index (χ2v) is 9.90. The maximum Gasteiger partial charge on any atom is 0.419 e. The van der Waals surface area contributed by atoms with Gasteiger partial charge in [-0.05, 0) is 74.2 Å². The predicted molar refractivity (Wildman–Crippen MR) is 151 cm³/mol. The van der Waals surface area contributed by atoms with Crippen LogP contribution in [0.3, 0.4) is 0 Å². The summed E-state index contributed by atoms with van der Waals surface area (Å²) in [5.74, 6) is -1.34. The third-order valence-electron chi connectivity index (χ3n) is 6.47. The standard InChI is InChI=1S/C28H32F4N8O/c1-16(33)3-4-18-11-21(24(29)22(12-18)28(30,31)32)23-13-19-15-40(27(41)39-25(19)38-23)20-7-5-17(6-8-20)14-36-9-2-10-37-26(34)35/h5-8,11-13,15-16,36H,2-4,9-10,14,33H2,1H3,(H4,34,35,37)(H,38,39,41)/t16-/m1/s1. The molecule has 0 radical (unpaired) electrons. The Bertz CT molecular complexity index is 1590. The van der Waals surface area contributed by atoms with Gasteiger partial charge in [0, 0.05) is 36.3 Å². The van der Waals surface area contributed by atoms with E-state index in [1.807, 2.05) is 12.1 Å². The number of hydrogen-bond acceptors (Lipinski definition) is 5. The Morgan fingerprint density at radius 2 is 1.88 bits per heavy atom. The van der Waals surface area contributed by atoms with Crippen LogP contribution in [0.25, 0.3) is 28.0 Å². The van der Waals surface area contributed by atoms with Crippen molar-refractivity contribution in [3.63, 3.8) is 0 Å². The van der Waals surface area contributed by atoms with Crippen LogP contribution in [0.4, 0.5) is 17.6 Å². The molecule has 2 aromatic carbocycles. The molecule has 0 unspecified atom stereocenters. The monoisotopic (exact) mass is 572 g/mol. The number of fused-ring (bicyclic) bond motifs is 1. The van der Waals surface area contributed by atoms with Gasteiger partial charge in [0.25, 0.3) is 0 Å². The van der Waals surface area contributed by atoms with Gasteiger partial charge in [-0.15, -0.1) is 0 Å². The first-order valence-corrected chi connectivity index (χ1v) is 13.1. The average molecular weight is 573 g/mol. The van der Waals surface area contributed by atoms with Crippen LogP contribution < -0.4 is 28.2 Å². The van der Waals surface area contributed by atoms with Crippen molar-refractivity contribution in [1.82, 2.24) is 19.9 Å². The van der Waals surface area contributed by atoms with Crippen LogP contribution in [0.2, 0.25) is 0 Å². The van der Waals surface area contributed by atoms with E-state index in [1.165, 1.54) is 22.9 Å². The minimum absolute atomic E-state index is 0.0596. The zero-order valence-electron chi connectivity index (χ0n) is 22.4. The maximum absolute atomic E-state index is 15.1. The molecule has 2 heterocycles. The molecule has 0 aliphatic heterocycles. The van der Waals surface area contributed by atoms with Gasteiger partial charge in [-0.1, -0.05) is 12.1 Å². The number of halogens is 4. The van der Waals surface area contributed by atoms with E-state index in [4.69, 9.17) is 17.2 Å². The first-order valence-electron chi connectivity index (χ1n) is 13.1. The van der Waals surface area contributed by atoms with Crippen LogP contribution >= 0.6 is 0 Å². The van der Waals surface area contributed by atoms with Crippen LogP contribution in [0.1, 0.15) is 36.5 Å². The van der Waals surface area contributed by atoms with Crippen molar-refractivity contribution in [2.75, 3.05) is 13.1 Å². The maximum atomic E-state index is 15.1. The Morgan fingerprint density at radius 3 is 2.54 bits per heavy atom. The van der Waals surface area contributed by atoms with Crippen molar-refractivity contribution in [3.05, 3.63) is 81.7 Å². The van der Waals surface area contributed by atoms with Gasteiger partial charge in [-0.3, -0.25) is 9.56 Å². The summed E-state index contributed by atoms with van der Waals surface area (Å²) in [5.41, 5.74) is 16.2. The van der Waals surface area contributed by atoms with E-state index in [2.05, 4.69) is 20.3 Å². The van der Waals surface area contributed by atoms with E-state index in [1.54, 1.807) is 19.1 Å². The highest BCUT2D eigenvalue weighted by Crippen LogP contribution is 2.37. The molecule has 4 aromatic rings. The molecule has 9 nitrogen and oxygen atoms in total. The number of nitrogens with zero attached hydrogens (tertiary/aromatic N) is 3. The number of rotatable bonds is 11. The Hall–Kier alpha value is -4.23. The second kappa shape index (κ2) is 12.5. The van der Waals surface area contributed by atoms with Gasteiger partial charge in [0.15, 0.2) is 5.96 Å². The van der Waals surface area contributed by atoms with Gasteiger partial charge < -0.3 is 27.5 Å². The van der Waals surface area contributed by atoms with Crippen molar-refractivity contribution in [2.24, 2.45) is 22.2 Å². The zero-order chi connectivity index (χ0) is 29.7. The summed E-state index contributed by atoms with van der Waals surface area (Å²) in [6.45, 7) is 3.60. The van der Waals surface area contributed by atoms with Gasteiger partial charge in [-0.25, -0.2) is 9.18 Å². The molecular formula is C28H32F4N8O. The highest BCUT2D eigenvalue weighted by molar-refractivity contribution is 5.83. The lowest BCUT2D eigenvalue weighted by molar-refractivity contribution is -0.140. The summed E-state index contributed by atoms with van der Waals surface area (Å²) in [6.07, 6.45) is -1.91. The average Bonchev–Trinajstić information content (AvgIpc) is 3.31. The lowest BCUT2D eigenvalue weighted by atomic mass is 9.98. The van der Waals surface area contributed by atoms with E-state index in [0.29, 0.717) is 42.7 Å². The minimum Gasteiger partial charge on any atom is -0.370 e. The van der Waals surface area contributed by atoms with Gasteiger partial charge in [0.1, 0.15) is 11.5 Å². The lowest BCUT2D eigenvalue weighted by Crippen LogP contribution is -2.23. The molecule has 0 saturated carbocycles. The van der Waals surface area contributed by atoms with Gasteiger partial charge in [0.05, 0.1) is 16.9 Å². The molecule has 8 N–H and O–H groups in total. The normalized spacial score (nSPS) is 12.5. The molecule has 0 saturated heterocycles. The Labute approximate surface area is 233 Å². The number of guanidine groups is 1. The van der Waals surface area contributed by atoms with Gasteiger partial charge >= 0.3 is 11.9 Å². The molecular weight excluding hydrogens is 540 g/mol. The molecule has 0 spiro atoms. The lowest BCUT2D eigenvalue weighted by Gasteiger charge is -2.14. The van der Waals surface area contributed by atoms with Crippen LogP contribution in [0, 0.1) is 5.82 Å². The summed E-state index contributed by atoms with van der Waals surface area (Å²) in [6, 6.07) is 10.7. The molecule has 1 atom stereocenters. The summed E-state index contributed by atoms with van der Waals surface area (Å²) in [4.78, 5) is 23.6. The number of alkyl halides is 3. The molecule has 41 heavy (non-hydrogen) atoms. The van der Waals surface area contributed by atoms with E-state index in [0.717, 1.165) is 18.1 Å². The second-order valence-electron chi connectivity index (χ2n) is 9.90. The van der Waals surface area contributed by atoms with Crippen LogP contribution in [-0.4, -0.2) is 39.6 Å². The molecule has 0 amide bonds. The topological polar surface area (TPSA) is 153 Å². The third-order valence-corrected chi connectivity index (χ3v) is 6.47. The number of aryl methyl sites for hydroxylation is 1. The van der Waals surface area contributed by atoms with E-state index in [9.17, 15) is 18.0 Å². The van der Waals surface area contributed by atoms with Crippen molar-refractivity contribution in [2.45, 2.75) is 44.9 Å². The number of nitrogens with one attached hydrogen (secondary N) is 2. The first-order chi connectivity index (χ1) is 19.4. The number of H-pyrrole nitrogens is 1. The van der Waals surface area contributed by atoms with Crippen molar-refractivity contribution in [1.29, 1.82) is 0 Å². The number of nitrogens with two attached hydrogens (primary N) is 3. The van der Waals surface area contributed by atoms with Crippen LogP contribution in [-0.2, 0) is 19.1 Å². The summed E-state index contributed by atoms with van der Waals surface area (Å²) in [7, 11) is 0. The molecule has 218 valence electrons. The number of aliphatic imine (C=N–C) groups is 1. The quantitative estimate of drug-likeness (QED) is 0.0802. The largest absolute Gasteiger partial charge is 0.419 e. The Balaban J connectivity index is 1.59. The summed E-state index contributed by atoms with van der Waals surface area (Å²) >= 11 is 0. The number of benzene rings is 2. The first kappa shape index (κ1) is 29.7. The Kier molecular flexibility index (Phi) is 9.08. The van der Waals surface area contributed by atoms with Crippen molar-refractivity contribution >= 4 is 17.0 Å². The number of hydrogen-bond donors (Lipinski definition) is 5. The van der Waals surface area contributed by atoms with E-state index < -0.39 is 23.2 Å². The minimum atomic E-state index is -4.88. The molecule has 0 aliphatic rings. The van der Waals surface area contributed by atoms with E-state index in [-0.39, 0.29) is 35.3 Å². The fourth-order valence-electron chi connectivity index (χ4n) is 4.37. The molecule has 0 aliphatic carbocycles. The summed E-state index contributed by atoms with van der Waals surface area (Å²) in [5, 5.41) is 3.71. The van der Waals surface area contributed by atoms with Gasteiger partial charge in [-0.2, -0.15) is 18.2 Å². The molecule has 13 heteroatoms.